The summed E-state index contributed by atoms with van der Waals surface area (Å²) in [5, 5.41) is 0. The van der Waals surface area contributed by atoms with Crippen molar-refractivity contribution in [2.75, 3.05) is 6.61 Å². The second kappa shape index (κ2) is 6.28. The first-order valence-corrected chi connectivity index (χ1v) is 7.96. The van der Waals surface area contributed by atoms with Gasteiger partial charge in [0.25, 0.3) is 0 Å². The minimum atomic E-state index is -0.167. The van der Waals surface area contributed by atoms with E-state index < -0.39 is 0 Å². The molecule has 20 heavy (non-hydrogen) atoms. The molecule has 1 aliphatic rings. The molecule has 1 aromatic rings. The predicted molar refractivity (Wildman–Crippen MR) is 84.8 cm³/mol. The van der Waals surface area contributed by atoms with Crippen molar-refractivity contribution in [3.05, 3.63) is 34.9 Å². The number of hydrogen-bond donors (Lipinski definition) is 1. The summed E-state index contributed by atoms with van der Waals surface area (Å²) in [6.07, 6.45) is 4.60. The molecule has 1 saturated carbocycles. The Labute approximate surface area is 123 Å². The minimum Gasteiger partial charge on any atom is -0.373 e. The molecule has 1 atom stereocenters. The number of aryl methyl sites for hydroxylation is 1. The topological polar surface area (TPSA) is 35.2 Å². The first-order valence-electron chi connectivity index (χ1n) is 7.96. The van der Waals surface area contributed by atoms with Crippen molar-refractivity contribution < 1.29 is 4.74 Å². The Morgan fingerprint density at radius 3 is 2.55 bits per heavy atom. The summed E-state index contributed by atoms with van der Waals surface area (Å²) in [6, 6.07) is 6.42. The van der Waals surface area contributed by atoms with Crippen molar-refractivity contribution in [2.45, 2.75) is 65.0 Å². The van der Waals surface area contributed by atoms with Gasteiger partial charge in [0.15, 0.2) is 0 Å². The Morgan fingerprint density at radius 2 is 1.95 bits per heavy atom. The first kappa shape index (κ1) is 15.5. The molecule has 0 spiro atoms. The van der Waals surface area contributed by atoms with Gasteiger partial charge in [-0.1, -0.05) is 25.1 Å². The van der Waals surface area contributed by atoms with E-state index in [0.717, 1.165) is 25.4 Å². The third kappa shape index (κ3) is 2.91. The lowest BCUT2D eigenvalue weighted by Crippen LogP contribution is -2.46. The molecule has 2 nitrogen and oxygen atoms in total. The van der Waals surface area contributed by atoms with E-state index in [2.05, 4.69) is 45.9 Å². The van der Waals surface area contributed by atoms with Crippen molar-refractivity contribution in [1.29, 1.82) is 0 Å². The highest BCUT2D eigenvalue weighted by atomic mass is 16.5. The lowest BCUT2D eigenvalue weighted by atomic mass is 9.73. The maximum Gasteiger partial charge on any atom is 0.0874 e. The normalized spacial score (nSPS) is 28.4. The van der Waals surface area contributed by atoms with Crippen molar-refractivity contribution in [2.24, 2.45) is 11.7 Å². The molecule has 0 bridgehead atoms. The Balaban J connectivity index is 2.31. The summed E-state index contributed by atoms with van der Waals surface area (Å²) >= 11 is 0. The van der Waals surface area contributed by atoms with Gasteiger partial charge in [-0.3, -0.25) is 0 Å². The Hall–Kier alpha value is -0.860. The Kier molecular flexibility index (Phi) is 4.87. The van der Waals surface area contributed by atoms with Crippen LogP contribution in [-0.4, -0.2) is 12.2 Å². The third-order valence-corrected chi connectivity index (χ3v) is 5.10. The smallest absolute Gasteiger partial charge is 0.0874 e. The van der Waals surface area contributed by atoms with Gasteiger partial charge in [0.05, 0.1) is 11.6 Å². The average Bonchev–Trinajstić information content (AvgIpc) is 2.44. The number of rotatable bonds is 4. The van der Waals surface area contributed by atoms with Gasteiger partial charge in [0.2, 0.25) is 0 Å². The van der Waals surface area contributed by atoms with Crippen LogP contribution in [0.4, 0.5) is 0 Å². The molecule has 0 amide bonds. The highest BCUT2D eigenvalue weighted by molar-refractivity contribution is 5.36. The molecule has 1 aliphatic carbocycles. The van der Waals surface area contributed by atoms with Gasteiger partial charge < -0.3 is 10.5 Å². The van der Waals surface area contributed by atoms with Crippen molar-refractivity contribution >= 4 is 0 Å². The van der Waals surface area contributed by atoms with Crippen LogP contribution < -0.4 is 5.73 Å². The summed E-state index contributed by atoms with van der Waals surface area (Å²) in [7, 11) is 0. The highest BCUT2D eigenvalue weighted by Gasteiger charge is 2.41. The number of ether oxygens (including phenoxy) is 1. The molecule has 1 unspecified atom stereocenters. The second-order valence-corrected chi connectivity index (χ2v) is 6.45. The second-order valence-electron chi connectivity index (χ2n) is 6.45. The van der Waals surface area contributed by atoms with E-state index in [1.807, 2.05) is 0 Å². The molecule has 1 aromatic carbocycles. The zero-order valence-corrected chi connectivity index (χ0v) is 13.4. The molecule has 112 valence electrons. The van der Waals surface area contributed by atoms with E-state index in [1.165, 1.54) is 29.5 Å². The minimum absolute atomic E-state index is 0.0187. The number of benzene rings is 1. The van der Waals surface area contributed by atoms with Gasteiger partial charge in [-0.25, -0.2) is 0 Å². The molecule has 2 heteroatoms. The van der Waals surface area contributed by atoms with E-state index >= 15 is 0 Å². The van der Waals surface area contributed by atoms with Crippen LogP contribution in [0.5, 0.6) is 0 Å². The van der Waals surface area contributed by atoms with E-state index in [0.29, 0.717) is 0 Å². The largest absolute Gasteiger partial charge is 0.373 e. The van der Waals surface area contributed by atoms with E-state index in [1.54, 1.807) is 0 Å². The van der Waals surface area contributed by atoms with E-state index in [9.17, 15) is 0 Å². The fourth-order valence-corrected chi connectivity index (χ4v) is 3.48. The Bertz CT molecular complexity index is 447. The summed E-state index contributed by atoms with van der Waals surface area (Å²) < 4.78 is 6.20. The molecule has 0 radical (unpaired) electrons. The van der Waals surface area contributed by atoms with Crippen molar-refractivity contribution in [1.82, 2.24) is 0 Å². The lowest BCUT2D eigenvalue weighted by Gasteiger charge is -2.44. The van der Waals surface area contributed by atoms with Crippen LogP contribution in [0.25, 0.3) is 0 Å². The highest BCUT2D eigenvalue weighted by Crippen LogP contribution is 2.43. The molecule has 0 heterocycles. The summed E-state index contributed by atoms with van der Waals surface area (Å²) in [5.74, 6) is 0.800. The first-order chi connectivity index (χ1) is 9.50. The molecule has 1 fully saturated rings. The molecule has 2 N–H and O–H groups in total. The number of nitrogens with two attached hydrogens (primary N) is 1. The fourth-order valence-electron chi connectivity index (χ4n) is 3.48. The van der Waals surface area contributed by atoms with Gasteiger partial charge in [-0.15, -0.1) is 0 Å². The SMILES string of the molecule is CCOC1(C(N)c2cccc(C)c2C)CCC(C)CC1. The summed E-state index contributed by atoms with van der Waals surface area (Å²) in [6.45, 7) is 9.49. The summed E-state index contributed by atoms with van der Waals surface area (Å²) in [5.41, 5.74) is 10.4. The molecular formula is C18H29NO. The molecular weight excluding hydrogens is 246 g/mol. The van der Waals surface area contributed by atoms with Gasteiger partial charge in [-0.2, -0.15) is 0 Å². The van der Waals surface area contributed by atoms with Crippen LogP contribution in [0.1, 0.15) is 62.3 Å². The van der Waals surface area contributed by atoms with Crippen molar-refractivity contribution in [3.8, 4) is 0 Å². The molecule has 0 aliphatic heterocycles. The number of hydrogen-bond acceptors (Lipinski definition) is 2. The van der Waals surface area contributed by atoms with Crippen LogP contribution >= 0.6 is 0 Å². The molecule has 2 rings (SSSR count). The lowest BCUT2D eigenvalue weighted by molar-refractivity contribution is -0.0897. The third-order valence-electron chi connectivity index (χ3n) is 5.10. The molecule has 0 aromatic heterocycles. The summed E-state index contributed by atoms with van der Waals surface area (Å²) in [4.78, 5) is 0. The zero-order valence-electron chi connectivity index (χ0n) is 13.4. The van der Waals surface area contributed by atoms with Crippen LogP contribution in [0.2, 0.25) is 0 Å². The molecule has 0 saturated heterocycles. The maximum atomic E-state index is 6.68. The van der Waals surface area contributed by atoms with Crippen molar-refractivity contribution in [3.63, 3.8) is 0 Å². The monoisotopic (exact) mass is 275 g/mol. The fraction of sp³-hybridized carbons (Fsp3) is 0.667. The van der Waals surface area contributed by atoms with Crippen LogP contribution in [0.15, 0.2) is 18.2 Å². The maximum absolute atomic E-state index is 6.68. The Morgan fingerprint density at radius 1 is 1.30 bits per heavy atom. The average molecular weight is 275 g/mol. The van der Waals surface area contributed by atoms with Crippen LogP contribution in [-0.2, 0) is 4.74 Å². The van der Waals surface area contributed by atoms with Crippen LogP contribution in [0, 0.1) is 19.8 Å². The predicted octanol–water partition coefficient (Wildman–Crippen LogP) is 4.29. The van der Waals surface area contributed by atoms with Gasteiger partial charge in [0.1, 0.15) is 0 Å². The van der Waals surface area contributed by atoms with Gasteiger partial charge in [-0.05, 0) is 69.1 Å². The zero-order chi connectivity index (χ0) is 14.8. The van der Waals surface area contributed by atoms with Crippen LogP contribution in [0.3, 0.4) is 0 Å². The van der Waals surface area contributed by atoms with E-state index in [4.69, 9.17) is 10.5 Å². The van der Waals surface area contributed by atoms with Gasteiger partial charge >= 0.3 is 0 Å². The quantitative estimate of drug-likeness (QED) is 0.889. The standard InChI is InChI=1S/C18H29NO/c1-5-20-18(11-9-13(2)10-12-18)17(19)16-8-6-7-14(3)15(16)4/h6-8,13,17H,5,9-12,19H2,1-4H3. The van der Waals surface area contributed by atoms with Gasteiger partial charge in [0, 0.05) is 6.61 Å². The van der Waals surface area contributed by atoms with E-state index in [-0.39, 0.29) is 11.6 Å².